The van der Waals surface area contributed by atoms with E-state index in [0.717, 1.165) is 24.1 Å². The van der Waals surface area contributed by atoms with Crippen LogP contribution in [0.5, 0.6) is 5.75 Å². The van der Waals surface area contributed by atoms with E-state index in [1.54, 1.807) is 18.4 Å². The van der Waals surface area contributed by atoms with E-state index in [2.05, 4.69) is 19.2 Å². The zero-order valence-electron chi connectivity index (χ0n) is 12.7. The number of anilines is 1. The molecule has 1 amide bonds. The SMILES string of the molecule is CCCc1sc(C(=O)Nc2ccccc2OC)cc1CC. The number of benzene rings is 1. The molecule has 2 rings (SSSR count). The van der Waals surface area contributed by atoms with Crippen molar-refractivity contribution in [2.75, 3.05) is 12.4 Å². The van der Waals surface area contributed by atoms with Gasteiger partial charge in [-0.3, -0.25) is 4.79 Å². The van der Waals surface area contributed by atoms with Crippen LogP contribution < -0.4 is 10.1 Å². The molecule has 0 aliphatic heterocycles. The molecule has 0 saturated carbocycles. The number of carbonyl (C=O) groups excluding carboxylic acids is 1. The lowest BCUT2D eigenvalue weighted by Gasteiger charge is -2.08. The third kappa shape index (κ3) is 3.64. The van der Waals surface area contributed by atoms with Crippen LogP contribution in [0.4, 0.5) is 5.69 Å². The minimum absolute atomic E-state index is 0.0680. The van der Waals surface area contributed by atoms with Crippen molar-refractivity contribution in [2.45, 2.75) is 33.1 Å². The van der Waals surface area contributed by atoms with Gasteiger partial charge in [0.15, 0.2) is 0 Å². The van der Waals surface area contributed by atoms with Gasteiger partial charge in [-0.05, 0) is 36.6 Å². The highest BCUT2D eigenvalue weighted by atomic mass is 32.1. The van der Waals surface area contributed by atoms with E-state index in [9.17, 15) is 4.79 Å². The van der Waals surface area contributed by atoms with Crippen LogP contribution in [0.25, 0.3) is 0 Å². The van der Waals surface area contributed by atoms with Gasteiger partial charge in [0.25, 0.3) is 5.91 Å². The molecule has 0 atom stereocenters. The zero-order valence-corrected chi connectivity index (χ0v) is 13.5. The number of carbonyl (C=O) groups is 1. The standard InChI is InChI=1S/C17H21NO2S/c1-4-8-15-12(5-2)11-16(21-15)17(19)18-13-9-6-7-10-14(13)20-3/h6-7,9-11H,4-5,8H2,1-3H3,(H,18,19). The number of amides is 1. The van der Waals surface area contributed by atoms with Crippen LogP contribution in [0.2, 0.25) is 0 Å². The van der Waals surface area contributed by atoms with E-state index in [1.807, 2.05) is 30.3 Å². The number of thiophene rings is 1. The van der Waals surface area contributed by atoms with Gasteiger partial charge in [0.2, 0.25) is 0 Å². The molecule has 0 fully saturated rings. The van der Waals surface area contributed by atoms with Crippen LogP contribution in [0.1, 0.15) is 40.4 Å². The third-order valence-corrected chi connectivity index (χ3v) is 4.57. The molecular formula is C17H21NO2S. The molecule has 0 aliphatic carbocycles. The molecule has 0 radical (unpaired) electrons. The smallest absolute Gasteiger partial charge is 0.265 e. The molecule has 1 aromatic heterocycles. The molecule has 3 nitrogen and oxygen atoms in total. The van der Waals surface area contributed by atoms with E-state index >= 15 is 0 Å². The summed E-state index contributed by atoms with van der Waals surface area (Å²) in [7, 11) is 1.60. The highest BCUT2D eigenvalue weighted by molar-refractivity contribution is 7.14. The van der Waals surface area contributed by atoms with E-state index in [4.69, 9.17) is 4.74 Å². The fourth-order valence-corrected chi connectivity index (χ4v) is 3.50. The second kappa shape index (κ2) is 7.27. The van der Waals surface area contributed by atoms with E-state index in [1.165, 1.54) is 10.4 Å². The van der Waals surface area contributed by atoms with Crippen molar-refractivity contribution in [3.63, 3.8) is 0 Å². The second-order valence-electron chi connectivity index (χ2n) is 4.82. The van der Waals surface area contributed by atoms with Crippen molar-refractivity contribution in [3.8, 4) is 5.75 Å². The van der Waals surface area contributed by atoms with Crippen molar-refractivity contribution in [3.05, 3.63) is 45.6 Å². The summed E-state index contributed by atoms with van der Waals surface area (Å²) < 4.78 is 5.26. The lowest BCUT2D eigenvalue weighted by Crippen LogP contribution is -2.10. The Labute approximate surface area is 130 Å². The number of nitrogens with one attached hydrogen (secondary N) is 1. The van der Waals surface area contributed by atoms with Crippen LogP contribution in [-0.4, -0.2) is 13.0 Å². The van der Waals surface area contributed by atoms with Gasteiger partial charge in [-0.15, -0.1) is 11.3 Å². The number of aryl methyl sites for hydroxylation is 2. The molecule has 0 aliphatic rings. The lowest BCUT2D eigenvalue weighted by molar-refractivity contribution is 0.103. The van der Waals surface area contributed by atoms with Gasteiger partial charge in [-0.1, -0.05) is 32.4 Å². The lowest BCUT2D eigenvalue weighted by atomic mass is 10.1. The predicted molar refractivity (Wildman–Crippen MR) is 88.6 cm³/mol. The van der Waals surface area contributed by atoms with Crippen LogP contribution in [0, 0.1) is 0 Å². The highest BCUT2D eigenvalue weighted by Gasteiger charge is 2.14. The maximum absolute atomic E-state index is 12.4. The first-order valence-corrected chi connectivity index (χ1v) is 8.07. The molecule has 0 spiro atoms. The van der Waals surface area contributed by atoms with E-state index in [0.29, 0.717) is 11.4 Å². The Morgan fingerprint density at radius 1 is 1.29 bits per heavy atom. The fourth-order valence-electron chi connectivity index (χ4n) is 2.25. The summed E-state index contributed by atoms with van der Waals surface area (Å²) in [5.74, 6) is 0.605. The zero-order chi connectivity index (χ0) is 15.2. The number of para-hydroxylation sites is 2. The van der Waals surface area contributed by atoms with Crippen molar-refractivity contribution in [1.29, 1.82) is 0 Å². The minimum Gasteiger partial charge on any atom is -0.495 e. The van der Waals surface area contributed by atoms with Crippen LogP contribution in [-0.2, 0) is 12.8 Å². The maximum Gasteiger partial charge on any atom is 0.265 e. The molecular weight excluding hydrogens is 282 g/mol. The average molecular weight is 303 g/mol. The molecule has 2 aromatic rings. The first-order chi connectivity index (χ1) is 10.2. The Morgan fingerprint density at radius 3 is 2.71 bits per heavy atom. The summed E-state index contributed by atoms with van der Waals surface area (Å²) in [6, 6.07) is 9.46. The van der Waals surface area contributed by atoms with E-state index in [-0.39, 0.29) is 5.91 Å². The van der Waals surface area contributed by atoms with Crippen molar-refractivity contribution in [1.82, 2.24) is 0 Å². The van der Waals surface area contributed by atoms with Gasteiger partial charge < -0.3 is 10.1 Å². The van der Waals surface area contributed by atoms with Gasteiger partial charge in [-0.2, -0.15) is 0 Å². The van der Waals surface area contributed by atoms with Gasteiger partial charge in [0, 0.05) is 4.88 Å². The van der Waals surface area contributed by atoms with Gasteiger partial charge in [-0.25, -0.2) is 0 Å². The Hall–Kier alpha value is -1.81. The number of ether oxygens (including phenoxy) is 1. The average Bonchev–Trinajstić information content (AvgIpc) is 2.91. The fraction of sp³-hybridized carbons (Fsp3) is 0.353. The normalized spacial score (nSPS) is 10.4. The molecule has 21 heavy (non-hydrogen) atoms. The molecule has 0 unspecified atom stereocenters. The summed E-state index contributed by atoms with van der Waals surface area (Å²) in [6.07, 6.45) is 3.10. The molecule has 0 bridgehead atoms. The largest absolute Gasteiger partial charge is 0.495 e. The number of hydrogen-bond donors (Lipinski definition) is 1. The summed E-state index contributed by atoms with van der Waals surface area (Å²) in [5.41, 5.74) is 1.99. The van der Waals surface area contributed by atoms with E-state index < -0.39 is 0 Å². The van der Waals surface area contributed by atoms with Gasteiger partial charge in [0.05, 0.1) is 17.7 Å². The number of rotatable bonds is 6. The van der Waals surface area contributed by atoms with Crippen molar-refractivity contribution < 1.29 is 9.53 Å². The Balaban J connectivity index is 2.20. The molecule has 1 N–H and O–H groups in total. The topological polar surface area (TPSA) is 38.3 Å². The van der Waals surface area contributed by atoms with Gasteiger partial charge in [0.1, 0.15) is 5.75 Å². The second-order valence-corrected chi connectivity index (χ2v) is 5.95. The summed E-state index contributed by atoms with van der Waals surface area (Å²) in [4.78, 5) is 14.5. The van der Waals surface area contributed by atoms with Crippen molar-refractivity contribution >= 4 is 22.9 Å². The summed E-state index contributed by atoms with van der Waals surface area (Å²) in [6.45, 7) is 4.29. The number of hydrogen-bond acceptors (Lipinski definition) is 3. The third-order valence-electron chi connectivity index (χ3n) is 3.33. The Kier molecular flexibility index (Phi) is 5.39. The van der Waals surface area contributed by atoms with Crippen LogP contribution in [0.3, 0.4) is 0 Å². The monoisotopic (exact) mass is 303 g/mol. The predicted octanol–water partition coefficient (Wildman–Crippen LogP) is 4.52. The first kappa shape index (κ1) is 15.6. The van der Waals surface area contributed by atoms with Gasteiger partial charge >= 0.3 is 0 Å². The molecule has 4 heteroatoms. The van der Waals surface area contributed by atoms with Crippen molar-refractivity contribution in [2.24, 2.45) is 0 Å². The molecule has 1 aromatic carbocycles. The minimum atomic E-state index is -0.0680. The van der Waals surface area contributed by atoms with Crippen LogP contribution in [0.15, 0.2) is 30.3 Å². The molecule has 1 heterocycles. The number of methoxy groups -OCH3 is 1. The first-order valence-electron chi connectivity index (χ1n) is 7.25. The Bertz CT molecular complexity index is 619. The molecule has 112 valence electrons. The highest BCUT2D eigenvalue weighted by Crippen LogP contribution is 2.28. The quantitative estimate of drug-likeness (QED) is 0.851. The summed E-state index contributed by atoms with van der Waals surface area (Å²) in [5, 5.41) is 2.93. The Morgan fingerprint density at radius 2 is 2.05 bits per heavy atom. The summed E-state index contributed by atoms with van der Waals surface area (Å²) >= 11 is 1.60. The van der Waals surface area contributed by atoms with Crippen LogP contribution >= 0.6 is 11.3 Å². The molecule has 0 saturated heterocycles. The maximum atomic E-state index is 12.4.